The highest BCUT2D eigenvalue weighted by atomic mass is 16.2. The van der Waals surface area contributed by atoms with Gasteiger partial charge >= 0.3 is 0 Å². The topological polar surface area (TPSA) is 62.1 Å². The summed E-state index contributed by atoms with van der Waals surface area (Å²) >= 11 is 0. The number of fused-ring (bicyclic) bond motifs is 3. The molecular weight excluding hydrogens is 262 g/mol. The fraction of sp³-hybridized carbons (Fsp3) is 0.471. The molecule has 4 heteroatoms. The fourth-order valence-corrected chi connectivity index (χ4v) is 3.88. The molecule has 110 valence electrons. The van der Waals surface area contributed by atoms with E-state index in [2.05, 4.69) is 23.2 Å². The Balaban J connectivity index is 1.62. The molecule has 0 saturated heterocycles. The lowest BCUT2D eigenvalue weighted by Gasteiger charge is -2.30. The molecule has 2 heterocycles. The molecule has 21 heavy (non-hydrogen) atoms. The van der Waals surface area contributed by atoms with E-state index in [4.69, 9.17) is 5.73 Å². The third-order valence-electron chi connectivity index (χ3n) is 5.08. The molecule has 1 aromatic heterocycles. The number of nitrogens with one attached hydrogen (secondary N) is 1. The second-order valence-electron chi connectivity index (χ2n) is 6.34. The summed E-state index contributed by atoms with van der Waals surface area (Å²) in [7, 11) is 0. The van der Waals surface area contributed by atoms with Crippen LogP contribution >= 0.6 is 0 Å². The van der Waals surface area contributed by atoms with E-state index in [1.54, 1.807) is 0 Å². The Morgan fingerprint density at radius 3 is 2.95 bits per heavy atom. The zero-order chi connectivity index (χ0) is 14.4. The summed E-state index contributed by atoms with van der Waals surface area (Å²) in [6.07, 6.45) is 3.95. The van der Waals surface area contributed by atoms with Crippen molar-refractivity contribution in [2.45, 2.75) is 38.3 Å². The van der Waals surface area contributed by atoms with E-state index in [-0.39, 0.29) is 17.9 Å². The number of aromatic nitrogens is 1. The van der Waals surface area contributed by atoms with E-state index in [0.29, 0.717) is 0 Å². The molecule has 2 unspecified atom stereocenters. The average molecular weight is 283 g/mol. The van der Waals surface area contributed by atoms with Crippen LogP contribution < -0.4 is 5.73 Å². The van der Waals surface area contributed by atoms with Gasteiger partial charge in [0.25, 0.3) is 0 Å². The molecule has 1 amide bonds. The average Bonchev–Trinajstić information content (AvgIpc) is 3.09. The van der Waals surface area contributed by atoms with Crippen LogP contribution in [-0.4, -0.2) is 28.4 Å². The summed E-state index contributed by atoms with van der Waals surface area (Å²) < 4.78 is 0. The Labute approximate surface area is 124 Å². The molecule has 1 aromatic carbocycles. The van der Waals surface area contributed by atoms with Crippen molar-refractivity contribution in [3.63, 3.8) is 0 Å². The predicted molar refractivity (Wildman–Crippen MR) is 82.7 cm³/mol. The quantitative estimate of drug-likeness (QED) is 0.842. The Hall–Kier alpha value is -1.81. The van der Waals surface area contributed by atoms with Crippen molar-refractivity contribution in [3.8, 4) is 0 Å². The standard InChI is InChI=1S/C17H21N3O/c18-14-6-3-5-12(14)17(21)20-9-8-16-13(10-20)11-4-1-2-7-15(11)19-16/h1-2,4,7,12,14,19H,3,5-6,8-10,18H2. The molecule has 2 atom stereocenters. The van der Waals surface area contributed by atoms with Crippen LogP contribution in [0.15, 0.2) is 24.3 Å². The molecule has 2 aromatic rings. The number of carbonyl (C=O) groups is 1. The van der Waals surface area contributed by atoms with Crippen molar-refractivity contribution in [2.24, 2.45) is 11.7 Å². The van der Waals surface area contributed by atoms with E-state index in [9.17, 15) is 4.79 Å². The minimum Gasteiger partial charge on any atom is -0.358 e. The zero-order valence-corrected chi connectivity index (χ0v) is 12.1. The maximum absolute atomic E-state index is 12.7. The molecular formula is C17H21N3O. The molecule has 4 rings (SSSR count). The number of aromatic amines is 1. The first-order valence-electron chi connectivity index (χ1n) is 7.87. The van der Waals surface area contributed by atoms with Gasteiger partial charge < -0.3 is 15.6 Å². The summed E-state index contributed by atoms with van der Waals surface area (Å²) in [4.78, 5) is 18.2. The highest BCUT2D eigenvalue weighted by molar-refractivity contribution is 5.86. The summed E-state index contributed by atoms with van der Waals surface area (Å²) in [6, 6.07) is 8.41. The maximum atomic E-state index is 12.7. The van der Waals surface area contributed by atoms with Crippen LogP contribution in [-0.2, 0) is 17.8 Å². The summed E-state index contributed by atoms with van der Waals surface area (Å²) in [5, 5.41) is 1.25. The predicted octanol–water partition coefficient (Wildman–Crippen LogP) is 2.18. The SMILES string of the molecule is NC1CCCC1C(=O)N1CCc2[nH]c3ccccc3c2C1. The lowest BCUT2D eigenvalue weighted by molar-refractivity contribution is -0.136. The number of carbonyl (C=O) groups excluding carboxylic acids is 1. The van der Waals surface area contributed by atoms with Crippen molar-refractivity contribution in [1.82, 2.24) is 9.88 Å². The molecule has 3 N–H and O–H groups in total. The van der Waals surface area contributed by atoms with Crippen LogP contribution in [0.25, 0.3) is 10.9 Å². The molecule has 0 bridgehead atoms. The fourth-order valence-electron chi connectivity index (χ4n) is 3.88. The van der Waals surface area contributed by atoms with E-state index in [0.717, 1.165) is 38.8 Å². The Kier molecular flexibility index (Phi) is 3.00. The second-order valence-corrected chi connectivity index (χ2v) is 6.34. The monoisotopic (exact) mass is 283 g/mol. The largest absolute Gasteiger partial charge is 0.358 e. The zero-order valence-electron chi connectivity index (χ0n) is 12.1. The second kappa shape index (κ2) is 4.88. The van der Waals surface area contributed by atoms with Crippen LogP contribution in [0, 0.1) is 5.92 Å². The van der Waals surface area contributed by atoms with Gasteiger partial charge in [-0.2, -0.15) is 0 Å². The normalized spacial score (nSPS) is 25.3. The molecule has 0 radical (unpaired) electrons. The first-order valence-corrected chi connectivity index (χ1v) is 7.87. The molecule has 2 aliphatic rings. The van der Waals surface area contributed by atoms with Gasteiger partial charge in [0.05, 0.1) is 5.92 Å². The molecule has 0 spiro atoms. The highest BCUT2D eigenvalue weighted by Crippen LogP contribution is 2.31. The van der Waals surface area contributed by atoms with E-state index in [1.807, 2.05) is 11.0 Å². The third-order valence-corrected chi connectivity index (χ3v) is 5.08. The van der Waals surface area contributed by atoms with Crippen molar-refractivity contribution in [3.05, 3.63) is 35.5 Å². The summed E-state index contributed by atoms with van der Waals surface area (Å²) in [5.41, 5.74) is 9.85. The molecule has 1 saturated carbocycles. The van der Waals surface area contributed by atoms with Crippen LogP contribution in [0.4, 0.5) is 0 Å². The highest BCUT2D eigenvalue weighted by Gasteiger charge is 2.35. The number of para-hydroxylation sites is 1. The third kappa shape index (κ3) is 2.05. The lowest BCUT2D eigenvalue weighted by Crippen LogP contribution is -2.43. The first kappa shape index (κ1) is 12.9. The smallest absolute Gasteiger partial charge is 0.227 e. The van der Waals surface area contributed by atoms with Crippen LogP contribution in [0.2, 0.25) is 0 Å². The van der Waals surface area contributed by atoms with Gasteiger partial charge in [-0.05, 0) is 18.9 Å². The van der Waals surface area contributed by atoms with Crippen molar-refractivity contribution < 1.29 is 4.79 Å². The number of nitrogens with zero attached hydrogens (tertiary/aromatic N) is 1. The number of hydrogen-bond acceptors (Lipinski definition) is 2. The lowest BCUT2D eigenvalue weighted by atomic mass is 9.99. The van der Waals surface area contributed by atoms with Crippen molar-refractivity contribution in [2.75, 3.05) is 6.54 Å². The van der Waals surface area contributed by atoms with Crippen LogP contribution in [0.5, 0.6) is 0 Å². The van der Waals surface area contributed by atoms with Gasteiger partial charge in [-0.3, -0.25) is 4.79 Å². The first-order chi connectivity index (χ1) is 10.2. The maximum Gasteiger partial charge on any atom is 0.227 e. The van der Waals surface area contributed by atoms with Gasteiger partial charge in [0.2, 0.25) is 5.91 Å². The Bertz CT molecular complexity index is 690. The van der Waals surface area contributed by atoms with Gasteiger partial charge in [0, 0.05) is 47.7 Å². The number of hydrogen-bond donors (Lipinski definition) is 2. The van der Waals surface area contributed by atoms with E-state index >= 15 is 0 Å². The van der Waals surface area contributed by atoms with Gasteiger partial charge in [0.15, 0.2) is 0 Å². The van der Waals surface area contributed by atoms with Gasteiger partial charge in [-0.15, -0.1) is 0 Å². The molecule has 1 fully saturated rings. The number of rotatable bonds is 1. The van der Waals surface area contributed by atoms with Crippen molar-refractivity contribution >= 4 is 16.8 Å². The number of H-pyrrole nitrogens is 1. The minimum atomic E-state index is 0.0387. The van der Waals surface area contributed by atoms with Gasteiger partial charge in [0.1, 0.15) is 0 Å². The minimum absolute atomic E-state index is 0.0387. The molecule has 1 aliphatic heterocycles. The summed E-state index contributed by atoms with van der Waals surface area (Å²) in [6.45, 7) is 1.53. The Morgan fingerprint density at radius 1 is 1.29 bits per heavy atom. The van der Waals surface area contributed by atoms with Gasteiger partial charge in [-0.1, -0.05) is 24.6 Å². The van der Waals surface area contributed by atoms with Crippen molar-refractivity contribution in [1.29, 1.82) is 0 Å². The summed E-state index contributed by atoms with van der Waals surface area (Å²) in [5.74, 6) is 0.299. The Morgan fingerprint density at radius 2 is 2.14 bits per heavy atom. The number of nitrogens with two attached hydrogens (primary N) is 1. The number of benzene rings is 1. The van der Waals surface area contributed by atoms with E-state index in [1.165, 1.54) is 22.2 Å². The molecule has 1 aliphatic carbocycles. The van der Waals surface area contributed by atoms with Crippen LogP contribution in [0.1, 0.15) is 30.5 Å². The molecule has 4 nitrogen and oxygen atoms in total. The van der Waals surface area contributed by atoms with E-state index < -0.39 is 0 Å². The number of amides is 1. The van der Waals surface area contributed by atoms with Gasteiger partial charge in [-0.25, -0.2) is 0 Å². The van der Waals surface area contributed by atoms with Crippen LogP contribution in [0.3, 0.4) is 0 Å².